The van der Waals surface area contributed by atoms with E-state index in [2.05, 4.69) is 12.8 Å². The van der Waals surface area contributed by atoms with Gasteiger partial charge in [-0.3, -0.25) is 0 Å². The van der Waals surface area contributed by atoms with Crippen LogP contribution in [-0.2, 0) is 17.6 Å². The van der Waals surface area contributed by atoms with E-state index in [1.165, 1.54) is 4.72 Å². The fourth-order valence-electron chi connectivity index (χ4n) is 0.495. The van der Waals surface area contributed by atoms with Crippen molar-refractivity contribution in [2.75, 3.05) is 12.0 Å². The fraction of sp³-hybridized carbons (Fsp3) is 0.800. The SMILES string of the molecule is CSCCC([NH2+][S-])C(=O)O. The predicted molar refractivity (Wildman–Crippen MR) is 43.7 cm³/mol. The van der Waals surface area contributed by atoms with Crippen molar-refractivity contribution in [3.63, 3.8) is 0 Å². The molecule has 0 saturated carbocycles. The number of thioether (sulfide) groups is 1. The van der Waals surface area contributed by atoms with Gasteiger partial charge in [0.1, 0.15) is 0 Å². The van der Waals surface area contributed by atoms with E-state index in [1.807, 2.05) is 6.26 Å². The maximum atomic E-state index is 10.3. The minimum atomic E-state index is -0.816. The number of nitrogens with two attached hydrogens (primary N) is 1. The van der Waals surface area contributed by atoms with Gasteiger partial charge < -0.3 is 22.6 Å². The minimum absolute atomic E-state index is 0.442. The predicted octanol–water partition coefficient (Wildman–Crippen LogP) is -0.782. The Morgan fingerprint density at radius 2 is 2.50 bits per heavy atom. The zero-order chi connectivity index (χ0) is 7.98. The molecule has 0 aromatic heterocycles. The molecule has 1 atom stereocenters. The van der Waals surface area contributed by atoms with E-state index in [1.54, 1.807) is 11.8 Å². The number of carboxylic acid groups (broad SMARTS) is 1. The average molecular weight is 181 g/mol. The van der Waals surface area contributed by atoms with Gasteiger partial charge in [-0.2, -0.15) is 11.8 Å². The van der Waals surface area contributed by atoms with E-state index >= 15 is 0 Å². The third-order valence-corrected chi connectivity index (χ3v) is 2.09. The summed E-state index contributed by atoms with van der Waals surface area (Å²) in [5.41, 5.74) is 0. The molecule has 60 valence electrons. The Morgan fingerprint density at radius 1 is 1.90 bits per heavy atom. The first-order chi connectivity index (χ1) is 4.72. The molecular weight excluding hydrogens is 170 g/mol. The van der Waals surface area contributed by atoms with E-state index in [0.29, 0.717) is 6.42 Å². The van der Waals surface area contributed by atoms with Crippen LogP contribution in [0.15, 0.2) is 0 Å². The van der Waals surface area contributed by atoms with E-state index < -0.39 is 12.0 Å². The Labute approximate surface area is 70.1 Å². The molecule has 0 fully saturated rings. The van der Waals surface area contributed by atoms with Gasteiger partial charge in [0.25, 0.3) is 0 Å². The monoisotopic (exact) mass is 181 g/mol. The van der Waals surface area contributed by atoms with Crippen LogP contribution in [0.4, 0.5) is 0 Å². The van der Waals surface area contributed by atoms with Crippen LogP contribution in [-0.4, -0.2) is 29.1 Å². The largest absolute Gasteiger partial charge is 0.497 e. The molecule has 0 aromatic carbocycles. The number of carboxylic acids is 1. The Bertz CT molecular complexity index is 110. The third-order valence-electron chi connectivity index (χ3n) is 1.11. The van der Waals surface area contributed by atoms with Crippen LogP contribution in [0.5, 0.6) is 0 Å². The number of hydrogen-bond donors (Lipinski definition) is 2. The fourth-order valence-corrected chi connectivity index (χ4v) is 1.24. The molecule has 0 aliphatic heterocycles. The molecular formula is C5H11NO2S2. The number of carbonyl (C=O) groups is 1. The van der Waals surface area contributed by atoms with Crippen molar-refractivity contribution in [2.45, 2.75) is 12.5 Å². The number of aliphatic carboxylic acids is 1. The van der Waals surface area contributed by atoms with Crippen LogP contribution < -0.4 is 4.72 Å². The summed E-state index contributed by atoms with van der Waals surface area (Å²) in [4.78, 5) is 10.3. The molecule has 0 aromatic rings. The standard InChI is InChI=1S/C5H11NO2S2/c1-10-3-2-4(6-9)5(7)8/h4H,2-3,6H2,1H3,(H,7,8). The Hall–Kier alpha value is 0.130. The van der Waals surface area contributed by atoms with Crippen molar-refractivity contribution >= 4 is 30.5 Å². The normalized spacial score (nSPS) is 13.0. The van der Waals surface area contributed by atoms with Crippen molar-refractivity contribution in [1.82, 2.24) is 0 Å². The lowest BCUT2D eigenvalue weighted by Gasteiger charge is -2.11. The summed E-state index contributed by atoms with van der Waals surface area (Å²) in [5, 5.41) is 8.49. The van der Waals surface area contributed by atoms with Gasteiger partial charge >= 0.3 is 5.97 Å². The van der Waals surface area contributed by atoms with Crippen molar-refractivity contribution in [3.05, 3.63) is 0 Å². The summed E-state index contributed by atoms with van der Waals surface area (Å²) < 4.78 is 1.32. The molecule has 0 aliphatic rings. The molecule has 3 N–H and O–H groups in total. The second kappa shape index (κ2) is 5.88. The van der Waals surface area contributed by atoms with Crippen LogP contribution in [0.2, 0.25) is 0 Å². The minimum Gasteiger partial charge on any atom is -0.497 e. The van der Waals surface area contributed by atoms with Gasteiger partial charge in [0, 0.05) is 6.42 Å². The van der Waals surface area contributed by atoms with Crippen LogP contribution in [0.3, 0.4) is 0 Å². The van der Waals surface area contributed by atoms with E-state index in [4.69, 9.17) is 5.11 Å². The number of rotatable bonds is 5. The molecule has 1 unspecified atom stereocenters. The summed E-state index contributed by atoms with van der Waals surface area (Å²) in [6.45, 7) is 0. The highest BCUT2D eigenvalue weighted by Crippen LogP contribution is 1.97. The summed E-state index contributed by atoms with van der Waals surface area (Å²) >= 11 is 6.18. The van der Waals surface area contributed by atoms with E-state index in [-0.39, 0.29) is 0 Å². The van der Waals surface area contributed by atoms with E-state index in [0.717, 1.165) is 5.75 Å². The molecule has 3 nitrogen and oxygen atoms in total. The number of hydrogen-bond acceptors (Lipinski definition) is 3. The van der Waals surface area contributed by atoms with Crippen LogP contribution >= 0.6 is 11.8 Å². The molecule has 5 heteroatoms. The van der Waals surface area contributed by atoms with Gasteiger partial charge in [-0.15, -0.1) is 0 Å². The van der Waals surface area contributed by atoms with Crippen LogP contribution in [0.1, 0.15) is 6.42 Å². The Kier molecular flexibility index (Phi) is 5.96. The van der Waals surface area contributed by atoms with E-state index in [9.17, 15) is 4.79 Å². The molecule has 0 bridgehead atoms. The highest BCUT2D eigenvalue weighted by atomic mass is 32.2. The smallest absolute Gasteiger partial charge is 0.361 e. The summed E-state index contributed by atoms with van der Waals surface area (Å²) in [6.07, 6.45) is 2.59. The highest BCUT2D eigenvalue weighted by Gasteiger charge is 2.14. The molecule has 0 amide bonds. The van der Waals surface area contributed by atoms with Crippen LogP contribution in [0, 0.1) is 0 Å². The van der Waals surface area contributed by atoms with Crippen molar-refractivity contribution < 1.29 is 14.6 Å². The summed E-state index contributed by atoms with van der Waals surface area (Å²) in [6, 6.07) is -0.442. The number of quaternary nitrogens is 1. The quantitative estimate of drug-likeness (QED) is 0.546. The van der Waals surface area contributed by atoms with Gasteiger partial charge in [-0.1, -0.05) is 0 Å². The summed E-state index contributed by atoms with van der Waals surface area (Å²) in [5.74, 6) is 0.0356. The second-order valence-electron chi connectivity index (χ2n) is 1.86. The molecule has 10 heavy (non-hydrogen) atoms. The first-order valence-electron chi connectivity index (χ1n) is 2.89. The molecule has 0 radical (unpaired) electrons. The lowest BCUT2D eigenvalue weighted by Crippen LogP contribution is -2.86. The van der Waals surface area contributed by atoms with Crippen LogP contribution in [0.25, 0.3) is 0 Å². The molecule has 0 heterocycles. The van der Waals surface area contributed by atoms with Gasteiger partial charge in [0.2, 0.25) is 0 Å². The zero-order valence-electron chi connectivity index (χ0n) is 5.74. The molecule has 0 spiro atoms. The molecule has 0 aliphatic carbocycles. The Morgan fingerprint density at radius 3 is 2.80 bits per heavy atom. The average Bonchev–Trinajstić information content (AvgIpc) is 1.89. The Balaban J connectivity index is 3.50. The van der Waals surface area contributed by atoms with Crippen molar-refractivity contribution in [3.8, 4) is 0 Å². The lowest BCUT2D eigenvalue weighted by molar-refractivity contribution is -0.510. The molecule has 0 saturated heterocycles. The first kappa shape index (κ1) is 10.1. The van der Waals surface area contributed by atoms with Crippen molar-refractivity contribution in [2.24, 2.45) is 0 Å². The third kappa shape index (κ3) is 4.03. The highest BCUT2D eigenvalue weighted by molar-refractivity contribution is 7.98. The lowest BCUT2D eigenvalue weighted by atomic mass is 10.2. The molecule has 0 rings (SSSR count). The van der Waals surface area contributed by atoms with Gasteiger partial charge in [-0.05, 0) is 12.0 Å². The maximum Gasteiger partial charge on any atom is 0.361 e. The van der Waals surface area contributed by atoms with Gasteiger partial charge in [0.05, 0.1) is 0 Å². The maximum absolute atomic E-state index is 10.3. The topological polar surface area (TPSA) is 53.9 Å². The zero-order valence-corrected chi connectivity index (χ0v) is 7.37. The second-order valence-corrected chi connectivity index (χ2v) is 3.12. The summed E-state index contributed by atoms with van der Waals surface area (Å²) in [7, 11) is 0. The van der Waals surface area contributed by atoms with Gasteiger partial charge in [-0.25, -0.2) is 4.79 Å². The van der Waals surface area contributed by atoms with Gasteiger partial charge in [0.15, 0.2) is 6.04 Å². The van der Waals surface area contributed by atoms with Crippen molar-refractivity contribution in [1.29, 1.82) is 0 Å². The first-order valence-corrected chi connectivity index (χ1v) is 4.76.